The SMILES string of the molecule is CC(=O)Nc1cccc(Nc2nc(-c3cccc(OCC(=O)NC(C)C)c3)nc3ccsc23)c1. The molecule has 34 heavy (non-hydrogen) atoms. The lowest BCUT2D eigenvalue weighted by atomic mass is 10.2. The first-order chi connectivity index (χ1) is 16.4. The lowest BCUT2D eigenvalue weighted by Gasteiger charge is -2.12. The van der Waals surface area contributed by atoms with E-state index in [1.54, 1.807) is 17.4 Å². The Balaban J connectivity index is 1.60. The van der Waals surface area contributed by atoms with E-state index in [4.69, 9.17) is 14.7 Å². The number of nitrogens with zero attached hydrogens (tertiary/aromatic N) is 2. The molecular formula is C25H25N5O3S. The van der Waals surface area contributed by atoms with Crippen LogP contribution in [0, 0.1) is 0 Å². The predicted octanol–water partition coefficient (Wildman–Crippen LogP) is 4.96. The molecule has 0 aliphatic rings. The van der Waals surface area contributed by atoms with Crippen LogP contribution < -0.4 is 20.7 Å². The van der Waals surface area contributed by atoms with Crippen molar-refractivity contribution in [2.75, 3.05) is 17.2 Å². The van der Waals surface area contributed by atoms with Gasteiger partial charge >= 0.3 is 0 Å². The number of nitrogens with one attached hydrogen (secondary N) is 3. The van der Waals surface area contributed by atoms with Crippen LogP contribution >= 0.6 is 11.3 Å². The molecule has 0 aliphatic heterocycles. The van der Waals surface area contributed by atoms with Crippen molar-refractivity contribution in [2.24, 2.45) is 0 Å². The Kier molecular flexibility index (Phi) is 7.03. The smallest absolute Gasteiger partial charge is 0.258 e. The summed E-state index contributed by atoms with van der Waals surface area (Å²) in [5.74, 6) is 1.44. The summed E-state index contributed by atoms with van der Waals surface area (Å²) in [4.78, 5) is 32.8. The number of carbonyl (C=O) groups excluding carboxylic acids is 2. The maximum Gasteiger partial charge on any atom is 0.258 e. The van der Waals surface area contributed by atoms with E-state index in [1.807, 2.05) is 67.8 Å². The van der Waals surface area contributed by atoms with Crippen LogP contribution in [0.15, 0.2) is 60.0 Å². The van der Waals surface area contributed by atoms with E-state index in [0.29, 0.717) is 23.1 Å². The fourth-order valence-electron chi connectivity index (χ4n) is 3.33. The summed E-state index contributed by atoms with van der Waals surface area (Å²) in [6, 6.07) is 16.8. The summed E-state index contributed by atoms with van der Waals surface area (Å²) < 4.78 is 6.58. The van der Waals surface area contributed by atoms with Crippen LogP contribution in [0.2, 0.25) is 0 Å². The molecule has 8 nitrogen and oxygen atoms in total. The first-order valence-electron chi connectivity index (χ1n) is 10.8. The van der Waals surface area contributed by atoms with Gasteiger partial charge in [-0.3, -0.25) is 9.59 Å². The molecule has 4 rings (SSSR count). The first kappa shape index (κ1) is 23.2. The van der Waals surface area contributed by atoms with Crippen molar-refractivity contribution in [1.82, 2.24) is 15.3 Å². The molecule has 3 N–H and O–H groups in total. The van der Waals surface area contributed by atoms with Crippen LogP contribution in [-0.2, 0) is 9.59 Å². The number of hydrogen-bond acceptors (Lipinski definition) is 7. The number of ether oxygens (including phenoxy) is 1. The number of rotatable bonds is 8. The van der Waals surface area contributed by atoms with Gasteiger partial charge in [-0.25, -0.2) is 9.97 Å². The minimum Gasteiger partial charge on any atom is -0.484 e. The summed E-state index contributed by atoms with van der Waals surface area (Å²) in [5.41, 5.74) is 3.07. The highest BCUT2D eigenvalue weighted by Crippen LogP contribution is 2.32. The Hall–Kier alpha value is -3.98. The van der Waals surface area contributed by atoms with Crippen molar-refractivity contribution in [3.63, 3.8) is 0 Å². The topological polar surface area (TPSA) is 105 Å². The minimum absolute atomic E-state index is 0.0537. The zero-order chi connectivity index (χ0) is 24.1. The van der Waals surface area contributed by atoms with Gasteiger partial charge in [-0.2, -0.15) is 0 Å². The quantitative estimate of drug-likeness (QED) is 0.333. The molecule has 0 saturated carbocycles. The number of thiophene rings is 1. The second kappa shape index (κ2) is 10.3. The van der Waals surface area contributed by atoms with E-state index in [1.165, 1.54) is 6.92 Å². The molecule has 2 heterocycles. The van der Waals surface area contributed by atoms with E-state index < -0.39 is 0 Å². The Morgan fingerprint density at radius 1 is 1.03 bits per heavy atom. The number of carbonyl (C=O) groups is 2. The third-order valence-electron chi connectivity index (χ3n) is 4.66. The molecule has 174 valence electrons. The number of hydrogen-bond donors (Lipinski definition) is 3. The van der Waals surface area contributed by atoms with Gasteiger partial charge in [-0.05, 0) is 55.6 Å². The Morgan fingerprint density at radius 2 is 1.82 bits per heavy atom. The van der Waals surface area contributed by atoms with E-state index in [9.17, 15) is 9.59 Å². The van der Waals surface area contributed by atoms with E-state index in [-0.39, 0.29) is 24.5 Å². The van der Waals surface area contributed by atoms with Crippen LogP contribution in [0.25, 0.3) is 21.6 Å². The number of anilines is 3. The highest BCUT2D eigenvalue weighted by atomic mass is 32.1. The first-order valence-corrected chi connectivity index (χ1v) is 11.7. The highest BCUT2D eigenvalue weighted by Gasteiger charge is 2.13. The molecule has 0 spiro atoms. The molecule has 2 amide bonds. The average molecular weight is 476 g/mol. The molecule has 0 saturated heterocycles. The number of amides is 2. The van der Waals surface area contributed by atoms with Crippen molar-refractivity contribution in [2.45, 2.75) is 26.8 Å². The molecule has 0 unspecified atom stereocenters. The molecule has 2 aromatic carbocycles. The van der Waals surface area contributed by atoms with Crippen LogP contribution in [-0.4, -0.2) is 34.4 Å². The van der Waals surface area contributed by atoms with Gasteiger partial charge in [0.15, 0.2) is 18.2 Å². The Morgan fingerprint density at radius 3 is 2.62 bits per heavy atom. The fourth-order valence-corrected chi connectivity index (χ4v) is 4.11. The highest BCUT2D eigenvalue weighted by molar-refractivity contribution is 7.17. The van der Waals surface area contributed by atoms with Crippen LogP contribution in [0.1, 0.15) is 20.8 Å². The number of benzene rings is 2. The molecular weight excluding hydrogens is 450 g/mol. The van der Waals surface area contributed by atoms with Gasteiger partial charge < -0.3 is 20.7 Å². The zero-order valence-electron chi connectivity index (χ0n) is 19.1. The van der Waals surface area contributed by atoms with Crippen molar-refractivity contribution in [3.8, 4) is 17.1 Å². The summed E-state index contributed by atoms with van der Waals surface area (Å²) in [6.45, 7) is 5.21. The molecule has 0 fully saturated rings. The van der Waals surface area contributed by atoms with E-state index in [2.05, 4.69) is 16.0 Å². The minimum atomic E-state index is -0.177. The summed E-state index contributed by atoms with van der Waals surface area (Å²) in [6.07, 6.45) is 0. The third-order valence-corrected chi connectivity index (χ3v) is 5.57. The van der Waals surface area contributed by atoms with Gasteiger partial charge in [-0.1, -0.05) is 18.2 Å². The van der Waals surface area contributed by atoms with Gasteiger partial charge in [0.1, 0.15) is 5.75 Å². The lowest BCUT2D eigenvalue weighted by Crippen LogP contribution is -2.34. The molecule has 0 atom stereocenters. The molecule has 0 aliphatic carbocycles. The zero-order valence-corrected chi connectivity index (χ0v) is 19.9. The largest absolute Gasteiger partial charge is 0.484 e. The number of fused-ring (bicyclic) bond motifs is 1. The standard InChI is InChI=1S/C25H25N5O3S/c1-15(2)26-22(32)14-33-20-9-4-6-17(12-20)24-29-21-10-11-34-23(21)25(30-24)28-19-8-5-7-18(13-19)27-16(3)31/h4-13,15H,14H2,1-3H3,(H,26,32)(H,27,31)(H,28,29,30). The van der Waals surface area contributed by atoms with Crippen molar-refractivity contribution >= 4 is 50.6 Å². The van der Waals surface area contributed by atoms with Crippen molar-refractivity contribution < 1.29 is 14.3 Å². The third kappa shape index (κ3) is 5.87. The van der Waals surface area contributed by atoms with Crippen LogP contribution in [0.5, 0.6) is 5.75 Å². The van der Waals surface area contributed by atoms with Gasteiger partial charge in [0.25, 0.3) is 5.91 Å². The Labute approximate surface area is 201 Å². The van der Waals surface area contributed by atoms with Gasteiger partial charge in [0.05, 0.1) is 10.2 Å². The van der Waals surface area contributed by atoms with Crippen molar-refractivity contribution in [1.29, 1.82) is 0 Å². The van der Waals surface area contributed by atoms with Crippen LogP contribution in [0.4, 0.5) is 17.2 Å². The van der Waals surface area contributed by atoms with E-state index in [0.717, 1.165) is 21.5 Å². The molecule has 2 aromatic heterocycles. The lowest BCUT2D eigenvalue weighted by molar-refractivity contribution is -0.123. The second-order valence-corrected chi connectivity index (χ2v) is 8.87. The van der Waals surface area contributed by atoms with Crippen LogP contribution in [0.3, 0.4) is 0 Å². The average Bonchev–Trinajstić information content (AvgIpc) is 3.26. The van der Waals surface area contributed by atoms with E-state index >= 15 is 0 Å². The normalized spacial score (nSPS) is 10.8. The fraction of sp³-hybridized carbons (Fsp3) is 0.200. The Bertz CT molecular complexity index is 1340. The summed E-state index contributed by atoms with van der Waals surface area (Å²) in [5, 5.41) is 10.9. The molecule has 4 aromatic rings. The monoisotopic (exact) mass is 475 g/mol. The number of aromatic nitrogens is 2. The predicted molar refractivity (Wildman–Crippen MR) is 136 cm³/mol. The summed E-state index contributed by atoms with van der Waals surface area (Å²) >= 11 is 1.54. The molecule has 0 radical (unpaired) electrons. The second-order valence-electron chi connectivity index (χ2n) is 7.96. The maximum atomic E-state index is 11.9. The maximum absolute atomic E-state index is 11.9. The van der Waals surface area contributed by atoms with Gasteiger partial charge in [0, 0.05) is 29.9 Å². The van der Waals surface area contributed by atoms with Gasteiger partial charge in [0.2, 0.25) is 5.91 Å². The van der Waals surface area contributed by atoms with Gasteiger partial charge in [-0.15, -0.1) is 11.3 Å². The molecule has 0 bridgehead atoms. The summed E-state index contributed by atoms with van der Waals surface area (Å²) in [7, 11) is 0. The molecule has 9 heteroatoms. The van der Waals surface area contributed by atoms with Crippen molar-refractivity contribution in [3.05, 3.63) is 60.0 Å².